The number of thioether (sulfide) groups is 1. The quantitative estimate of drug-likeness (QED) is 0.778. The highest BCUT2D eigenvalue weighted by atomic mass is 32.2. The van der Waals surface area contributed by atoms with Crippen LogP contribution in [-0.2, 0) is 0 Å². The largest absolute Gasteiger partial charge is 0.388 e. The van der Waals surface area contributed by atoms with E-state index in [1.165, 1.54) is 11.3 Å². The Morgan fingerprint density at radius 3 is 2.50 bits per heavy atom. The van der Waals surface area contributed by atoms with E-state index in [0.29, 0.717) is 5.37 Å². The molecule has 3 heteroatoms. The average Bonchev–Trinajstić information content (AvgIpc) is 2.65. The number of allylic oxidation sites excluding steroid dienone is 1. The molecule has 1 aromatic rings. The first-order chi connectivity index (χ1) is 6.79. The van der Waals surface area contributed by atoms with Crippen LogP contribution in [-0.4, -0.2) is 7.05 Å². The van der Waals surface area contributed by atoms with Gasteiger partial charge in [0.1, 0.15) is 5.37 Å². The molecule has 0 saturated heterocycles. The third-order valence-electron chi connectivity index (χ3n) is 2.24. The molecule has 1 heterocycles. The summed E-state index contributed by atoms with van der Waals surface area (Å²) >= 11 is 1.82. The summed E-state index contributed by atoms with van der Waals surface area (Å²) in [5, 5.41) is 9.08. The van der Waals surface area contributed by atoms with Crippen molar-refractivity contribution in [3.63, 3.8) is 0 Å². The lowest BCUT2D eigenvalue weighted by atomic mass is 10.2. The van der Waals surface area contributed by atoms with Crippen molar-refractivity contribution in [3.8, 4) is 0 Å². The average molecular weight is 206 g/mol. The van der Waals surface area contributed by atoms with Crippen LogP contribution in [0.2, 0.25) is 0 Å². The van der Waals surface area contributed by atoms with Gasteiger partial charge in [-0.3, -0.25) is 0 Å². The van der Waals surface area contributed by atoms with Gasteiger partial charge in [-0.15, -0.1) is 11.8 Å². The molecule has 74 valence electrons. The van der Waals surface area contributed by atoms with Crippen LogP contribution in [0.1, 0.15) is 17.9 Å². The molecule has 1 atom stereocenters. The van der Waals surface area contributed by atoms with Gasteiger partial charge in [-0.25, -0.2) is 0 Å². The van der Waals surface area contributed by atoms with Gasteiger partial charge in [-0.2, -0.15) is 0 Å². The van der Waals surface area contributed by atoms with Crippen LogP contribution in [0.15, 0.2) is 35.4 Å². The third kappa shape index (κ3) is 1.87. The number of benzene rings is 1. The van der Waals surface area contributed by atoms with Gasteiger partial charge >= 0.3 is 0 Å². The number of anilines is 1. The fourth-order valence-corrected chi connectivity index (χ4v) is 2.41. The third-order valence-corrected chi connectivity index (χ3v) is 3.39. The second-order valence-corrected chi connectivity index (χ2v) is 4.31. The topological polar surface area (TPSA) is 24.1 Å². The summed E-state index contributed by atoms with van der Waals surface area (Å²) in [6.45, 7) is 2.09. The van der Waals surface area contributed by atoms with E-state index in [0.717, 1.165) is 5.69 Å². The molecule has 0 aromatic heterocycles. The molecule has 14 heavy (non-hydrogen) atoms. The number of nitrogens with one attached hydrogen (secondary N) is 2. The molecule has 1 aliphatic rings. The Kier molecular flexibility index (Phi) is 2.68. The minimum Gasteiger partial charge on any atom is -0.388 e. The summed E-state index contributed by atoms with van der Waals surface area (Å²) in [5.74, 6) is 0. The zero-order valence-corrected chi connectivity index (χ0v) is 9.19. The van der Waals surface area contributed by atoms with Crippen LogP contribution in [0.3, 0.4) is 0 Å². The van der Waals surface area contributed by atoms with Crippen LogP contribution in [0, 0.1) is 0 Å². The Morgan fingerprint density at radius 2 is 2.00 bits per heavy atom. The van der Waals surface area contributed by atoms with Gasteiger partial charge in [0.25, 0.3) is 0 Å². The van der Waals surface area contributed by atoms with Gasteiger partial charge in [-0.05, 0) is 30.0 Å². The minimum atomic E-state index is 0.390. The molecule has 2 nitrogen and oxygen atoms in total. The van der Waals surface area contributed by atoms with Crippen LogP contribution in [0.4, 0.5) is 5.69 Å². The number of hydrogen-bond acceptors (Lipinski definition) is 3. The lowest BCUT2D eigenvalue weighted by molar-refractivity contribution is 0.811. The maximum absolute atomic E-state index is 3.41. The van der Waals surface area contributed by atoms with E-state index in [1.54, 1.807) is 0 Å². The van der Waals surface area contributed by atoms with Crippen molar-refractivity contribution in [2.24, 2.45) is 0 Å². The zero-order chi connectivity index (χ0) is 9.97. The summed E-state index contributed by atoms with van der Waals surface area (Å²) in [4.78, 5) is 0. The second-order valence-electron chi connectivity index (χ2n) is 3.33. The number of hydrogen-bond donors (Lipinski definition) is 2. The Labute approximate surface area is 88.8 Å². The van der Waals surface area contributed by atoms with Crippen LogP contribution < -0.4 is 10.6 Å². The molecule has 0 aliphatic carbocycles. The lowest BCUT2D eigenvalue weighted by Crippen LogP contribution is -2.10. The van der Waals surface area contributed by atoms with Gasteiger partial charge in [0.15, 0.2) is 0 Å². The van der Waals surface area contributed by atoms with Crippen molar-refractivity contribution in [3.05, 3.63) is 40.9 Å². The van der Waals surface area contributed by atoms with Crippen LogP contribution >= 0.6 is 11.8 Å². The van der Waals surface area contributed by atoms with E-state index < -0.39 is 0 Å². The van der Waals surface area contributed by atoms with E-state index in [1.807, 2.05) is 18.8 Å². The van der Waals surface area contributed by atoms with E-state index in [9.17, 15) is 0 Å². The SMILES string of the molecule is CNc1ccc(C2NC(C)=CS2)cc1. The summed E-state index contributed by atoms with van der Waals surface area (Å²) in [5.41, 5.74) is 3.72. The Bertz CT molecular complexity index is 343. The van der Waals surface area contributed by atoms with E-state index in [2.05, 4.69) is 47.2 Å². The highest BCUT2D eigenvalue weighted by Crippen LogP contribution is 2.33. The summed E-state index contributed by atoms with van der Waals surface area (Å²) in [6.07, 6.45) is 0. The van der Waals surface area contributed by atoms with Crippen molar-refractivity contribution in [1.82, 2.24) is 5.32 Å². The molecule has 1 unspecified atom stereocenters. The fraction of sp³-hybridized carbons (Fsp3) is 0.273. The van der Waals surface area contributed by atoms with Crippen LogP contribution in [0.5, 0.6) is 0 Å². The van der Waals surface area contributed by atoms with E-state index in [4.69, 9.17) is 0 Å². The van der Waals surface area contributed by atoms with Gasteiger partial charge < -0.3 is 10.6 Å². The molecule has 0 spiro atoms. The first-order valence-electron chi connectivity index (χ1n) is 4.66. The monoisotopic (exact) mass is 206 g/mol. The highest BCUT2D eigenvalue weighted by molar-refractivity contribution is 8.02. The van der Waals surface area contributed by atoms with Crippen molar-refractivity contribution in [2.75, 3.05) is 12.4 Å². The molecule has 0 amide bonds. The molecule has 2 rings (SSSR count). The summed E-state index contributed by atoms with van der Waals surface area (Å²) in [6, 6.07) is 8.52. The standard InChI is InChI=1S/C11H14N2S/c1-8-7-14-11(13-8)9-3-5-10(12-2)6-4-9/h3-7,11-13H,1-2H3. The van der Waals surface area contributed by atoms with Crippen molar-refractivity contribution in [2.45, 2.75) is 12.3 Å². The van der Waals surface area contributed by atoms with Crippen molar-refractivity contribution in [1.29, 1.82) is 0 Å². The molecular formula is C11H14N2S. The lowest BCUT2D eigenvalue weighted by Gasteiger charge is -2.12. The smallest absolute Gasteiger partial charge is 0.102 e. The molecular weight excluding hydrogens is 192 g/mol. The second kappa shape index (κ2) is 3.96. The molecule has 0 saturated carbocycles. The summed E-state index contributed by atoms with van der Waals surface area (Å²) < 4.78 is 0. The number of rotatable bonds is 2. The zero-order valence-electron chi connectivity index (χ0n) is 8.37. The molecule has 0 bridgehead atoms. The van der Waals surface area contributed by atoms with Crippen molar-refractivity contribution >= 4 is 17.4 Å². The summed E-state index contributed by atoms with van der Waals surface area (Å²) in [7, 11) is 1.93. The predicted octanol–water partition coefficient (Wildman–Crippen LogP) is 2.92. The van der Waals surface area contributed by atoms with E-state index >= 15 is 0 Å². The molecule has 2 N–H and O–H groups in total. The van der Waals surface area contributed by atoms with E-state index in [-0.39, 0.29) is 0 Å². The Balaban J connectivity index is 2.11. The van der Waals surface area contributed by atoms with Gasteiger partial charge in [0, 0.05) is 18.4 Å². The van der Waals surface area contributed by atoms with Gasteiger partial charge in [0.05, 0.1) is 0 Å². The Morgan fingerprint density at radius 1 is 1.29 bits per heavy atom. The van der Waals surface area contributed by atoms with Crippen LogP contribution in [0.25, 0.3) is 0 Å². The fourth-order valence-electron chi connectivity index (χ4n) is 1.43. The normalized spacial score (nSPS) is 20.1. The Hall–Kier alpha value is -1.09. The van der Waals surface area contributed by atoms with Gasteiger partial charge in [-0.1, -0.05) is 12.1 Å². The molecule has 0 radical (unpaired) electrons. The van der Waals surface area contributed by atoms with Gasteiger partial charge in [0.2, 0.25) is 0 Å². The first kappa shape index (κ1) is 9.46. The first-order valence-corrected chi connectivity index (χ1v) is 5.60. The van der Waals surface area contributed by atoms with Crippen molar-refractivity contribution < 1.29 is 0 Å². The highest BCUT2D eigenvalue weighted by Gasteiger charge is 2.15. The molecule has 0 fully saturated rings. The molecule has 1 aromatic carbocycles. The maximum Gasteiger partial charge on any atom is 0.102 e. The maximum atomic E-state index is 3.41. The molecule has 1 aliphatic heterocycles. The minimum absolute atomic E-state index is 0.390. The predicted molar refractivity (Wildman–Crippen MR) is 63.2 cm³/mol.